The van der Waals surface area contributed by atoms with E-state index in [1.807, 2.05) is 36.4 Å². The van der Waals surface area contributed by atoms with Gasteiger partial charge < -0.3 is 0 Å². The van der Waals surface area contributed by atoms with Crippen LogP contribution in [0.1, 0.15) is 65.2 Å². The van der Waals surface area contributed by atoms with Crippen LogP contribution in [0.15, 0.2) is 152 Å². The van der Waals surface area contributed by atoms with Gasteiger partial charge in [-0.15, -0.1) is 0 Å². The third kappa shape index (κ3) is 5.98. The van der Waals surface area contributed by atoms with Gasteiger partial charge in [0.15, 0.2) is 11.6 Å². The lowest BCUT2D eigenvalue weighted by molar-refractivity contribution is 0.713. The maximum absolute atomic E-state index is 5.16. The van der Waals surface area contributed by atoms with Crippen molar-refractivity contribution in [3.8, 4) is 45.0 Å². The standard InChI is InChI=1S/C46H39N3/c1-3-36(46-48-44(33-19-9-5-10-20-33)47-45(49-46)34-21-11-6-12-22-34)38-23-13-15-25-40(38)42-30-35-27-28-37(32-17-7-4-8-18-32)39-24-14-16-26-41(39)43(35)29-31(42)2/h4-26,29-30,36-37H,3,27-28H2,1-2H3. The fraction of sp³-hybridized carbons (Fsp3) is 0.152. The number of benzene rings is 6. The van der Waals surface area contributed by atoms with Gasteiger partial charge in [-0.1, -0.05) is 159 Å². The molecule has 1 aliphatic carbocycles. The summed E-state index contributed by atoms with van der Waals surface area (Å²) < 4.78 is 0. The van der Waals surface area contributed by atoms with Gasteiger partial charge in [0.25, 0.3) is 0 Å². The fourth-order valence-corrected chi connectivity index (χ4v) is 7.60. The van der Waals surface area contributed by atoms with Crippen molar-refractivity contribution in [2.24, 2.45) is 0 Å². The summed E-state index contributed by atoms with van der Waals surface area (Å²) in [6, 6.07) is 54.3. The summed E-state index contributed by atoms with van der Waals surface area (Å²) in [6.07, 6.45) is 2.95. The maximum Gasteiger partial charge on any atom is 0.163 e. The van der Waals surface area contributed by atoms with Crippen molar-refractivity contribution in [2.75, 3.05) is 0 Å². The minimum absolute atomic E-state index is 0.00878. The van der Waals surface area contributed by atoms with Gasteiger partial charge >= 0.3 is 0 Å². The van der Waals surface area contributed by atoms with Crippen molar-refractivity contribution in [1.82, 2.24) is 15.0 Å². The molecule has 49 heavy (non-hydrogen) atoms. The molecule has 1 heterocycles. The molecule has 3 nitrogen and oxygen atoms in total. The van der Waals surface area contributed by atoms with Crippen molar-refractivity contribution in [3.63, 3.8) is 0 Å². The van der Waals surface area contributed by atoms with Gasteiger partial charge in [-0.2, -0.15) is 0 Å². The van der Waals surface area contributed by atoms with E-state index in [4.69, 9.17) is 15.0 Å². The van der Waals surface area contributed by atoms with Crippen molar-refractivity contribution in [3.05, 3.63) is 185 Å². The third-order valence-electron chi connectivity index (χ3n) is 10.0. The molecule has 0 saturated carbocycles. The van der Waals surface area contributed by atoms with E-state index in [1.54, 1.807) is 0 Å². The first-order chi connectivity index (χ1) is 24.2. The van der Waals surface area contributed by atoms with Crippen LogP contribution in [0.3, 0.4) is 0 Å². The average Bonchev–Trinajstić information content (AvgIpc) is 3.32. The summed E-state index contributed by atoms with van der Waals surface area (Å²) in [5.41, 5.74) is 14.0. The van der Waals surface area contributed by atoms with Crippen LogP contribution in [0.4, 0.5) is 0 Å². The molecule has 3 heteroatoms. The smallest absolute Gasteiger partial charge is 0.163 e. The van der Waals surface area contributed by atoms with Gasteiger partial charge in [0.2, 0.25) is 0 Å². The Morgan fingerprint density at radius 3 is 1.80 bits per heavy atom. The normalized spacial score (nSPS) is 14.4. The lowest BCUT2D eigenvalue weighted by Gasteiger charge is -2.22. The third-order valence-corrected chi connectivity index (χ3v) is 10.0. The Hall–Kier alpha value is -5.67. The predicted molar refractivity (Wildman–Crippen MR) is 201 cm³/mol. The largest absolute Gasteiger partial charge is 0.212 e. The van der Waals surface area contributed by atoms with E-state index in [2.05, 4.69) is 129 Å². The zero-order chi connectivity index (χ0) is 33.2. The molecule has 2 atom stereocenters. The van der Waals surface area contributed by atoms with Crippen LogP contribution in [0.25, 0.3) is 45.0 Å². The van der Waals surface area contributed by atoms with Crippen molar-refractivity contribution >= 4 is 0 Å². The first-order valence-corrected chi connectivity index (χ1v) is 17.4. The number of rotatable bonds is 7. The molecule has 0 radical (unpaired) electrons. The second-order valence-corrected chi connectivity index (χ2v) is 13.0. The number of hydrogen-bond acceptors (Lipinski definition) is 3. The van der Waals surface area contributed by atoms with Crippen LogP contribution in [0, 0.1) is 6.92 Å². The molecule has 8 rings (SSSR count). The molecule has 0 spiro atoms. The molecule has 0 fully saturated rings. The van der Waals surface area contributed by atoms with Crippen molar-refractivity contribution in [1.29, 1.82) is 0 Å². The number of aromatic nitrogens is 3. The topological polar surface area (TPSA) is 38.7 Å². The quantitative estimate of drug-likeness (QED) is 0.175. The Morgan fingerprint density at radius 2 is 1.14 bits per heavy atom. The van der Waals surface area contributed by atoms with E-state index in [1.165, 1.54) is 50.1 Å². The lowest BCUT2D eigenvalue weighted by Crippen LogP contribution is -2.10. The SMILES string of the molecule is CCC(c1nc(-c2ccccc2)nc(-c2ccccc2)n1)c1ccccc1-c1cc2c(cc1C)-c1ccccc1C(c1ccccc1)CC2. The minimum atomic E-state index is -0.00878. The fourth-order valence-electron chi connectivity index (χ4n) is 7.60. The molecule has 2 unspecified atom stereocenters. The van der Waals surface area contributed by atoms with Gasteiger partial charge in [-0.05, 0) is 76.3 Å². The van der Waals surface area contributed by atoms with Gasteiger partial charge in [-0.25, -0.2) is 15.0 Å². The van der Waals surface area contributed by atoms with Crippen LogP contribution in [0.5, 0.6) is 0 Å². The summed E-state index contributed by atoms with van der Waals surface area (Å²) in [5, 5.41) is 0. The lowest BCUT2D eigenvalue weighted by atomic mass is 9.84. The number of hydrogen-bond donors (Lipinski definition) is 0. The van der Waals surface area contributed by atoms with Gasteiger partial charge in [0.05, 0.1) is 0 Å². The molecule has 0 amide bonds. The van der Waals surface area contributed by atoms with Gasteiger partial charge in [0.1, 0.15) is 5.82 Å². The van der Waals surface area contributed by atoms with Crippen molar-refractivity contribution in [2.45, 2.75) is 44.9 Å². The highest BCUT2D eigenvalue weighted by Gasteiger charge is 2.26. The molecule has 0 aliphatic heterocycles. The Morgan fingerprint density at radius 1 is 0.571 bits per heavy atom. The zero-order valence-electron chi connectivity index (χ0n) is 28.1. The molecule has 6 aromatic carbocycles. The highest BCUT2D eigenvalue weighted by Crippen LogP contribution is 2.44. The molecule has 238 valence electrons. The van der Waals surface area contributed by atoms with Crippen LogP contribution >= 0.6 is 0 Å². The monoisotopic (exact) mass is 633 g/mol. The molecule has 1 aromatic heterocycles. The Kier molecular flexibility index (Phi) is 8.41. The number of nitrogens with zero attached hydrogens (tertiary/aromatic N) is 3. The molecule has 0 saturated heterocycles. The van der Waals surface area contributed by atoms with Crippen LogP contribution < -0.4 is 0 Å². The Labute approximate surface area is 289 Å². The Bertz CT molecular complexity index is 2170. The Balaban J connectivity index is 1.24. The van der Waals surface area contributed by atoms with E-state index in [-0.39, 0.29) is 5.92 Å². The molecule has 0 N–H and O–H groups in total. The van der Waals surface area contributed by atoms with Gasteiger partial charge in [-0.3, -0.25) is 0 Å². The predicted octanol–water partition coefficient (Wildman–Crippen LogP) is 11.5. The number of fused-ring (bicyclic) bond motifs is 3. The van der Waals surface area contributed by atoms with E-state index in [0.29, 0.717) is 17.6 Å². The van der Waals surface area contributed by atoms with Crippen LogP contribution in [-0.4, -0.2) is 15.0 Å². The summed E-state index contributed by atoms with van der Waals surface area (Å²) in [4.78, 5) is 15.3. The van der Waals surface area contributed by atoms with E-state index in [9.17, 15) is 0 Å². The molecule has 0 bridgehead atoms. The van der Waals surface area contributed by atoms with Gasteiger partial charge in [0, 0.05) is 23.0 Å². The first kappa shape index (κ1) is 30.7. The molecule has 7 aromatic rings. The van der Waals surface area contributed by atoms with Crippen LogP contribution in [0.2, 0.25) is 0 Å². The zero-order valence-corrected chi connectivity index (χ0v) is 28.1. The summed E-state index contributed by atoms with van der Waals surface area (Å²) in [7, 11) is 0. The second kappa shape index (κ2) is 13.4. The van der Waals surface area contributed by atoms with E-state index < -0.39 is 0 Å². The summed E-state index contributed by atoms with van der Waals surface area (Å²) in [6.45, 7) is 4.50. The van der Waals surface area contributed by atoms with Crippen LogP contribution in [-0.2, 0) is 6.42 Å². The highest BCUT2D eigenvalue weighted by atomic mass is 15.0. The number of aryl methyl sites for hydroxylation is 2. The van der Waals surface area contributed by atoms with E-state index in [0.717, 1.165) is 36.2 Å². The average molecular weight is 634 g/mol. The molecular formula is C46H39N3. The minimum Gasteiger partial charge on any atom is -0.212 e. The summed E-state index contributed by atoms with van der Waals surface area (Å²) >= 11 is 0. The first-order valence-electron chi connectivity index (χ1n) is 17.4. The molecular weight excluding hydrogens is 595 g/mol. The van der Waals surface area contributed by atoms with Crippen molar-refractivity contribution < 1.29 is 0 Å². The second-order valence-electron chi connectivity index (χ2n) is 13.0. The highest BCUT2D eigenvalue weighted by molar-refractivity contribution is 5.81. The van der Waals surface area contributed by atoms with E-state index >= 15 is 0 Å². The molecule has 1 aliphatic rings. The summed E-state index contributed by atoms with van der Waals surface area (Å²) in [5.74, 6) is 2.56. The maximum atomic E-state index is 5.16.